The minimum Gasteiger partial charge on any atom is -0.481 e. The van der Waals surface area contributed by atoms with Crippen LogP contribution in [0, 0.1) is 0 Å². The van der Waals surface area contributed by atoms with Crippen molar-refractivity contribution >= 4 is 23.2 Å². The summed E-state index contributed by atoms with van der Waals surface area (Å²) in [6.45, 7) is 6.11. The Morgan fingerprint density at radius 2 is 2.22 bits per heavy atom. The van der Waals surface area contributed by atoms with Crippen LogP contribution in [0.2, 0.25) is 0 Å². The van der Waals surface area contributed by atoms with Crippen LogP contribution in [0.15, 0.2) is 53.2 Å². The summed E-state index contributed by atoms with van der Waals surface area (Å²) in [6.07, 6.45) is 1.44. The fourth-order valence-corrected chi connectivity index (χ4v) is 2.33. The van der Waals surface area contributed by atoms with E-state index in [1.165, 1.54) is 6.26 Å². The Balaban J connectivity index is 1.83. The molecule has 2 heterocycles. The van der Waals surface area contributed by atoms with E-state index < -0.39 is 0 Å². The van der Waals surface area contributed by atoms with Crippen molar-refractivity contribution in [1.29, 1.82) is 0 Å². The third-order valence-corrected chi connectivity index (χ3v) is 3.33. The zero-order valence-corrected chi connectivity index (χ0v) is 12.7. The van der Waals surface area contributed by atoms with Crippen molar-refractivity contribution < 1.29 is 18.7 Å². The van der Waals surface area contributed by atoms with E-state index in [0.717, 1.165) is 5.57 Å². The number of rotatable bonds is 4. The van der Waals surface area contributed by atoms with Crippen molar-refractivity contribution in [3.05, 3.63) is 54.5 Å². The standard InChI is InChI=1S/C17H16N2O4/c1-11(2)9-19-13-6-5-12(8-15(13)23-10-16(19)20)18-17(21)14-4-3-7-22-14/h3-8H,1,9-10H2,2H3,(H,18,21). The van der Waals surface area contributed by atoms with E-state index in [-0.39, 0.29) is 24.2 Å². The zero-order chi connectivity index (χ0) is 16.4. The first-order valence-electron chi connectivity index (χ1n) is 7.11. The highest BCUT2D eigenvalue weighted by Crippen LogP contribution is 2.35. The number of nitrogens with zero attached hydrogens (tertiary/aromatic N) is 1. The van der Waals surface area contributed by atoms with Crippen LogP contribution < -0.4 is 15.0 Å². The maximum atomic E-state index is 12.0. The van der Waals surface area contributed by atoms with Gasteiger partial charge in [-0.05, 0) is 31.2 Å². The van der Waals surface area contributed by atoms with E-state index in [1.807, 2.05) is 6.92 Å². The number of nitrogens with one attached hydrogen (secondary N) is 1. The molecule has 0 bridgehead atoms. The largest absolute Gasteiger partial charge is 0.481 e. The third-order valence-electron chi connectivity index (χ3n) is 3.33. The summed E-state index contributed by atoms with van der Waals surface area (Å²) in [4.78, 5) is 25.6. The number of furan rings is 1. The first kappa shape index (κ1) is 14.9. The number of hydrogen-bond acceptors (Lipinski definition) is 4. The van der Waals surface area contributed by atoms with Gasteiger partial charge in [-0.15, -0.1) is 0 Å². The normalized spacial score (nSPS) is 13.3. The summed E-state index contributed by atoms with van der Waals surface area (Å²) in [6, 6.07) is 8.37. The second kappa shape index (κ2) is 6.00. The number of ether oxygens (including phenoxy) is 1. The average Bonchev–Trinajstić information content (AvgIpc) is 3.04. The van der Waals surface area contributed by atoms with E-state index in [1.54, 1.807) is 35.2 Å². The predicted octanol–water partition coefficient (Wildman–Crippen LogP) is 2.83. The van der Waals surface area contributed by atoms with Crippen molar-refractivity contribution in [3.63, 3.8) is 0 Å². The Labute approximate surface area is 133 Å². The molecule has 1 aromatic heterocycles. The monoisotopic (exact) mass is 312 g/mol. The lowest BCUT2D eigenvalue weighted by Crippen LogP contribution is -2.39. The second-order valence-electron chi connectivity index (χ2n) is 5.34. The molecule has 0 saturated heterocycles. The van der Waals surface area contributed by atoms with Crippen molar-refractivity contribution in [1.82, 2.24) is 0 Å². The van der Waals surface area contributed by atoms with Crippen molar-refractivity contribution in [3.8, 4) is 5.75 Å². The summed E-state index contributed by atoms with van der Waals surface area (Å²) in [5, 5.41) is 2.73. The van der Waals surface area contributed by atoms with Gasteiger partial charge < -0.3 is 19.4 Å². The van der Waals surface area contributed by atoms with Gasteiger partial charge in [-0.3, -0.25) is 9.59 Å². The van der Waals surface area contributed by atoms with Gasteiger partial charge >= 0.3 is 0 Å². The Morgan fingerprint density at radius 3 is 2.91 bits per heavy atom. The van der Waals surface area contributed by atoms with Gasteiger partial charge in [0.2, 0.25) is 0 Å². The molecule has 23 heavy (non-hydrogen) atoms. The second-order valence-corrected chi connectivity index (χ2v) is 5.34. The molecule has 6 heteroatoms. The van der Waals surface area contributed by atoms with E-state index >= 15 is 0 Å². The van der Waals surface area contributed by atoms with Crippen molar-refractivity contribution in [2.24, 2.45) is 0 Å². The van der Waals surface area contributed by atoms with E-state index in [9.17, 15) is 9.59 Å². The molecule has 0 radical (unpaired) electrons. The molecule has 1 N–H and O–H groups in total. The molecule has 6 nitrogen and oxygen atoms in total. The fraction of sp³-hybridized carbons (Fsp3) is 0.176. The van der Waals surface area contributed by atoms with E-state index in [4.69, 9.17) is 9.15 Å². The Kier molecular flexibility index (Phi) is 3.89. The summed E-state index contributed by atoms with van der Waals surface area (Å²) < 4.78 is 10.5. The minimum atomic E-state index is -0.347. The zero-order valence-electron chi connectivity index (χ0n) is 12.7. The molecule has 0 spiro atoms. The van der Waals surface area contributed by atoms with E-state index in [0.29, 0.717) is 23.7 Å². The van der Waals surface area contributed by atoms with Gasteiger partial charge in [0.05, 0.1) is 12.0 Å². The number of benzene rings is 1. The molecule has 2 amide bonds. The molecular weight excluding hydrogens is 296 g/mol. The summed E-state index contributed by atoms with van der Waals surface area (Å²) >= 11 is 0. The number of carbonyl (C=O) groups excluding carboxylic acids is 2. The van der Waals surface area contributed by atoms with Crippen LogP contribution in [-0.4, -0.2) is 25.0 Å². The number of amides is 2. The molecule has 0 atom stereocenters. The highest BCUT2D eigenvalue weighted by Gasteiger charge is 2.25. The van der Waals surface area contributed by atoms with Crippen LogP contribution in [0.3, 0.4) is 0 Å². The van der Waals surface area contributed by atoms with Crippen LogP contribution in [-0.2, 0) is 4.79 Å². The number of fused-ring (bicyclic) bond motifs is 1. The summed E-state index contributed by atoms with van der Waals surface area (Å²) in [7, 11) is 0. The predicted molar refractivity (Wildman–Crippen MR) is 85.8 cm³/mol. The lowest BCUT2D eigenvalue weighted by atomic mass is 10.2. The van der Waals surface area contributed by atoms with Crippen LogP contribution in [0.1, 0.15) is 17.5 Å². The van der Waals surface area contributed by atoms with E-state index in [2.05, 4.69) is 11.9 Å². The van der Waals surface area contributed by atoms with Crippen molar-refractivity contribution in [2.75, 3.05) is 23.4 Å². The van der Waals surface area contributed by atoms with Gasteiger partial charge in [-0.1, -0.05) is 12.2 Å². The summed E-state index contributed by atoms with van der Waals surface area (Å²) in [5.41, 5.74) is 2.11. The highest BCUT2D eigenvalue weighted by molar-refractivity contribution is 6.03. The molecule has 3 rings (SSSR count). The molecule has 1 aliphatic heterocycles. The van der Waals surface area contributed by atoms with Crippen LogP contribution in [0.4, 0.5) is 11.4 Å². The molecule has 0 unspecified atom stereocenters. The topological polar surface area (TPSA) is 71.8 Å². The number of carbonyl (C=O) groups is 2. The molecule has 1 aromatic carbocycles. The van der Waals surface area contributed by atoms with Crippen LogP contribution >= 0.6 is 0 Å². The molecule has 0 fully saturated rings. The van der Waals surface area contributed by atoms with Crippen LogP contribution in [0.5, 0.6) is 5.75 Å². The lowest BCUT2D eigenvalue weighted by molar-refractivity contribution is -0.121. The molecule has 118 valence electrons. The fourth-order valence-electron chi connectivity index (χ4n) is 2.33. The lowest BCUT2D eigenvalue weighted by Gasteiger charge is -2.29. The highest BCUT2D eigenvalue weighted by atomic mass is 16.5. The minimum absolute atomic E-state index is 0.0319. The first-order valence-corrected chi connectivity index (χ1v) is 7.11. The molecular formula is C17H16N2O4. The average molecular weight is 312 g/mol. The van der Waals surface area contributed by atoms with Crippen LogP contribution in [0.25, 0.3) is 0 Å². The third kappa shape index (κ3) is 3.11. The smallest absolute Gasteiger partial charge is 0.291 e. The molecule has 0 saturated carbocycles. The quantitative estimate of drug-likeness (QED) is 0.881. The number of anilines is 2. The Hall–Kier alpha value is -3.02. The molecule has 0 aliphatic carbocycles. The maximum Gasteiger partial charge on any atom is 0.291 e. The molecule has 2 aromatic rings. The SMILES string of the molecule is C=C(C)CN1C(=O)COc2cc(NC(=O)c3ccco3)ccc21. The number of hydrogen-bond donors (Lipinski definition) is 1. The van der Waals surface area contributed by atoms with Crippen molar-refractivity contribution in [2.45, 2.75) is 6.92 Å². The van der Waals surface area contributed by atoms with Gasteiger partial charge in [0.25, 0.3) is 11.8 Å². The van der Waals surface area contributed by atoms with Gasteiger partial charge in [-0.25, -0.2) is 0 Å². The van der Waals surface area contributed by atoms with Gasteiger partial charge in [-0.2, -0.15) is 0 Å². The maximum absolute atomic E-state index is 12.0. The Morgan fingerprint density at radius 1 is 1.39 bits per heavy atom. The van der Waals surface area contributed by atoms with Gasteiger partial charge in [0.1, 0.15) is 5.75 Å². The Bertz CT molecular complexity index is 765. The van der Waals surface area contributed by atoms with Gasteiger partial charge in [0.15, 0.2) is 12.4 Å². The first-order chi connectivity index (χ1) is 11.0. The summed E-state index contributed by atoms with van der Waals surface area (Å²) in [5.74, 6) is 0.305. The molecule has 1 aliphatic rings. The van der Waals surface area contributed by atoms with Gasteiger partial charge in [0, 0.05) is 18.3 Å².